The normalized spacial score (nSPS) is 13.9. The second-order valence-corrected chi connectivity index (χ2v) is 5.83. The van der Waals surface area contributed by atoms with E-state index in [1.165, 1.54) is 13.1 Å². The van der Waals surface area contributed by atoms with E-state index in [1.54, 1.807) is 25.1 Å². The van der Waals surface area contributed by atoms with E-state index < -0.39 is 16.1 Å². The lowest BCUT2D eigenvalue weighted by atomic mass is 10.2. The van der Waals surface area contributed by atoms with Crippen LogP contribution < -0.4 is 5.73 Å². The predicted octanol–water partition coefficient (Wildman–Crippen LogP) is 0.147. The molecule has 6 heteroatoms. The summed E-state index contributed by atoms with van der Waals surface area (Å²) in [5.74, 6) is 0. The Hall–Kier alpha value is -0.950. The van der Waals surface area contributed by atoms with Gasteiger partial charge in [0.2, 0.25) is 10.0 Å². The van der Waals surface area contributed by atoms with Gasteiger partial charge in [0.05, 0.1) is 11.5 Å². The van der Waals surface area contributed by atoms with Gasteiger partial charge in [-0.1, -0.05) is 18.2 Å². The summed E-state index contributed by atoms with van der Waals surface area (Å²) < 4.78 is 25.7. The second kappa shape index (κ2) is 5.59. The third-order valence-corrected chi connectivity index (χ3v) is 4.81. The highest BCUT2D eigenvalue weighted by atomic mass is 32.2. The highest BCUT2D eigenvalue weighted by Gasteiger charge is 2.26. The van der Waals surface area contributed by atoms with E-state index in [0.29, 0.717) is 5.56 Å². The maximum absolute atomic E-state index is 12.3. The first-order valence-electron chi connectivity index (χ1n) is 5.32. The quantitative estimate of drug-likeness (QED) is 0.787. The molecule has 1 aromatic rings. The second-order valence-electron chi connectivity index (χ2n) is 3.86. The van der Waals surface area contributed by atoms with Crippen LogP contribution in [0.4, 0.5) is 0 Å². The number of nitrogens with zero attached hydrogens (tertiary/aromatic N) is 1. The minimum atomic E-state index is -3.60. The van der Waals surface area contributed by atoms with Gasteiger partial charge in [-0.25, -0.2) is 8.42 Å². The lowest BCUT2D eigenvalue weighted by Crippen LogP contribution is -2.37. The van der Waals surface area contributed by atoms with Crippen molar-refractivity contribution in [2.24, 2.45) is 5.73 Å². The molecule has 0 aliphatic heterocycles. The first-order valence-corrected chi connectivity index (χ1v) is 6.76. The molecule has 5 nitrogen and oxygen atoms in total. The number of aliphatic hydroxyl groups excluding tert-OH is 1. The molecular weight excluding hydrogens is 240 g/mol. The molecular formula is C11H18N2O3S. The van der Waals surface area contributed by atoms with Gasteiger partial charge in [-0.2, -0.15) is 4.31 Å². The highest BCUT2D eigenvalue weighted by Crippen LogP contribution is 2.20. The van der Waals surface area contributed by atoms with Crippen LogP contribution in [0.25, 0.3) is 0 Å². The molecule has 0 aliphatic carbocycles. The van der Waals surface area contributed by atoms with Crippen LogP contribution in [-0.2, 0) is 16.6 Å². The van der Waals surface area contributed by atoms with E-state index in [-0.39, 0.29) is 18.0 Å². The third kappa shape index (κ3) is 2.84. The van der Waals surface area contributed by atoms with Crippen molar-refractivity contribution in [1.29, 1.82) is 0 Å². The molecule has 1 unspecified atom stereocenters. The van der Waals surface area contributed by atoms with Crippen LogP contribution in [0, 0.1) is 0 Å². The molecule has 96 valence electrons. The van der Waals surface area contributed by atoms with Crippen LogP contribution in [0.5, 0.6) is 0 Å². The Morgan fingerprint density at radius 1 is 1.41 bits per heavy atom. The zero-order chi connectivity index (χ0) is 13.1. The van der Waals surface area contributed by atoms with Gasteiger partial charge in [0, 0.05) is 19.6 Å². The summed E-state index contributed by atoms with van der Waals surface area (Å²) in [6, 6.07) is 6.15. The Morgan fingerprint density at radius 3 is 2.53 bits per heavy atom. The van der Waals surface area contributed by atoms with Crippen LogP contribution in [0.1, 0.15) is 12.5 Å². The summed E-state index contributed by atoms with van der Waals surface area (Å²) in [5, 5.41) is 9.01. The minimum Gasteiger partial charge on any atom is -0.395 e. The van der Waals surface area contributed by atoms with Crippen molar-refractivity contribution in [2.75, 3.05) is 13.7 Å². The van der Waals surface area contributed by atoms with E-state index >= 15 is 0 Å². The predicted molar refractivity (Wildman–Crippen MR) is 65.8 cm³/mol. The summed E-state index contributed by atoms with van der Waals surface area (Å²) in [6.07, 6.45) is 0. The van der Waals surface area contributed by atoms with Crippen molar-refractivity contribution >= 4 is 10.0 Å². The number of benzene rings is 1. The molecule has 0 spiro atoms. The van der Waals surface area contributed by atoms with Gasteiger partial charge in [0.15, 0.2) is 0 Å². The van der Waals surface area contributed by atoms with Crippen LogP contribution in [0.15, 0.2) is 29.2 Å². The molecule has 0 saturated carbocycles. The van der Waals surface area contributed by atoms with Gasteiger partial charge in [-0.15, -0.1) is 0 Å². The number of nitrogens with two attached hydrogens (primary N) is 1. The molecule has 0 amide bonds. The first kappa shape index (κ1) is 14.1. The number of hydrogen-bond acceptors (Lipinski definition) is 4. The number of aliphatic hydroxyl groups is 1. The van der Waals surface area contributed by atoms with Gasteiger partial charge in [0.1, 0.15) is 0 Å². The molecule has 0 heterocycles. The van der Waals surface area contributed by atoms with E-state index in [4.69, 9.17) is 10.8 Å². The highest BCUT2D eigenvalue weighted by molar-refractivity contribution is 7.89. The Morgan fingerprint density at radius 2 is 2.00 bits per heavy atom. The van der Waals surface area contributed by atoms with Crippen LogP contribution in [0.3, 0.4) is 0 Å². The maximum Gasteiger partial charge on any atom is 0.243 e. The van der Waals surface area contributed by atoms with E-state index in [1.807, 2.05) is 0 Å². The Bertz CT molecular complexity index is 473. The van der Waals surface area contributed by atoms with Gasteiger partial charge in [-0.3, -0.25) is 0 Å². The number of likely N-dealkylation sites (N-methyl/N-ethyl adjacent to an activating group) is 1. The lowest BCUT2D eigenvalue weighted by Gasteiger charge is -2.23. The molecule has 0 fully saturated rings. The minimum absolute atomic E-state index is 0.163. The average Bonchev–Trinajstić information content (AvgIpc) is 2.36. The Labute approximate surface area is 102 Å². The van der Waals surface area contributed by atoms with Crippen molar-refractivity contribution in [3.8, 4) is 0 Å². The van der Waals surface area contributed by atoms with Gasteiger partial charge in [0.25, 0.3) is 0 Å². The number of hydrogen-bond donors (Lipinski definition) is 2. The van der Waals surface area contributed by atoms with Crippen molar-refractivity contribution in [1.82, 2.24) is 4.31 Å². The Kier molecular flexibility index (Phi) is 4.64. The van der Waals surface area contributed by atoms with Crippen molar-refractivity contribution in [3.05, 3.63) is 29.8 Å². The monoisotopic (exact) mass is 258 g/mol. The molecule has 17 heavy (non-hydrogen) atoms. The fourth-order valence-electron chi connectivity index (χ4n) is 1.43. The molecule has 0 aliphatic rings. The van der Waals surface area contributed by atoms with E-state index in [2.05, 4.69) is 0 Å². The molecule has 1 rings (SSSR count). The number of rotatable bonds is 5. The van der Waals surface area contributed by atoms with Gasteiger partial charge in [-0.05, 0) is 18.6 Å². The van der Waals surface area contributed by atoms with Gasteiger partial charge < -0.3 is 10.8 Å². The fraction of sp³-hybridized carbons (Fsp3) is 0.455. The van der Waals surface area contributed by atoms with Gasteiger partial charge >= 0.3 is 0 Å². The molecule has 0 aromatic heterocycles. The fourth-order valence-corrected chi connectivity index (χ4v) is 3.02. The van der Waals surface area contributed by atoms with Crippen LogP contribution >= 0.6 is 0 Å². The summed E-state index contributed by atoms with van der Waals surface area (Å²) in [5.41, 5.74) is 6.10. The van der Waals surface area contributed by atoms with E-state index in [0.717, 1.165) is 4.31 Å². The van der Waals surface area contributed by atoms with Crippen molar-refractivity contribution in [3.63, 3.8) is 0 Å². The lowest BCUT2D eigenvalue weighted by molar-refractivity contribution is 0.213. The Balaban J connectivity index is 3.22. The molecule has 0 radical (unpaired) electrons. The summed E-state index contributed by atoms with van der Waals surface area (Å²) >= 11 is 0. The average molecular weight is 258 g/mol. The van der Waals surface area contributed by atoms with Crippen LogP contribution in [-0.4, -0.2) is 37.5 Å². The molecule has 1 aromatic carbocycles. The zero-order valence-corrected chi connectivity index (χ0v) is 10.8. The zero-order valence-electron chi connectivity index (χ0n) is 10.00. The van der Waals surface area contributed by atoms with E-state index in [9.17, 15) is 8.42 Å². The molecule has 1 atom stereocenters. The number of sulfonamides is 1. The van der Waals surface area contributed by atoms with Crippen molar-refractivity contribution < 1.29 is 13.5 Å². The summed E-state index contributed by atoms with van der Waals surface area (Å²) in [4.78, 5) is 0.199. The summed E-state index contributed by atoms with van der Waals surface area (Å²) in [7, 11) is -2.15. The summed E-state index contributed by atoms with van der Waals surface area (Å²) in [6.45, 7) is 1.58. The third-order valence-electron chi connectivity index (χ3n) is 2.73. The largest absolute Gasteiger partial charge is 0.395 e. The smallest absolute Gasteiger partial charge is 0.243 e. The topological polar surface area (TPSA) is 83.6 Å². The SMILES string of the molecule is CC(CO)N(C)S(=O)(=O)c1ccccc1CN. The maximum atomic E-state index is 12.3. The standard InChI is InChI=1S/C11H18N2O3S/c1-9(8-14)13(2)17(15,16)11-6-4-3-5-10(11)7-12/h3-6,9,14H,7-8,12H2,1-2H3. The molecule has 3 N–H and O–H groups in total. The molecule has 0 bridgehead atoms. The van der Waals surface area contributed by atoms with Crippen molar-refractivity contribution in [2.45, 2.75) is 24.4 Å². The van der Waals surface area contributed by atoms with Crippen LogP contribution in [0.2, 0.25) is 0 Å². The molecule has 0 saturated heterocycles. The first-order chi connectivity index (χ1) is 7.95.